The maximum absolute atomic E-state index is 12.9. The lowest BCUT2D eigenvalue weighted by atomic mass is 10.1. The number of carbonyl (C=O) groups is 1. The van der Waals surface area contributed by atoms with Gasteiger partial charge in [-0.1, -0.05) is 31.1 Å². The Morgan fingerprint density at radius 1 is 1.11 bits per heavy atom. The molecule has 10 heteroatoms. The van der Waals surface area contributed by atoms with Crippen molar-refractivity contribution in [1.29, 1.82) is 0 Å². The van der Waals surface area contributed by atoms with E-state index < -0.39 is 23.3 Å². The second kappa shape index (κ2) is 9.57. The highest BCUT2D eigenvalue weighted by molar-refractivity contribution is 7.15. The molecule has 6 nitrogen and oxygen atoms in total. The molecule has 0 amide bonds. The standard InChI is InChI=1S/C26H25F3N2O4S/c1-14(2)22-21(36-23(30-22)15-5-7-16(8-6-15)26(27,28)29)12-11-19-18-10-9-17(13-20(18)35-31-19)34-25(3,4)24(32)33/h5-10,13-14H,11-12H2,1-4H3,(H,32,33). The molecule has 190 valence electrons. The highest BCUT2D eigenvalue weighted by Gasteiger charge is 2.31. The van der Waals surface area contributed by atoms with Gasteiger partial charge in [-0.05, 0) is 56.9 Å². The zero-order valence-corrected chi connectivity index (χ0v) is 21.0. The van der Waals surface area contributed by atoms with Gasteiger partial charge in [0.1, 0.15) is 10.8 Å². The number of hydrogen-bond acceptors (Lipinski definition) is 6. The van der Waals surface area contributed by atoms with E-state index in [2.05, 4.69) is 5.16 Å². The molecule has 0 aliphatic rings. The molecule has 0 aliphatic carbocycles. The van der Waals surface area contributed by atoms with Crippen LogP contribution in [0.4, 0.5) is 13.2 Å². The van der Waals surface area contributed by atoms with Gasteiger partial charge in [-0.15, -0.1) is 11.3 Å². The number of nitrogens with zero attached hydrogens (tertiary/aromatic N) is 2. The number of aryl methyl sites for hydroxylation is 2. The van der Waals surface area contributed by atoms with Crippen molar-refractivity contribution in [2.75, 3.05) is 0 Å². The molecule has 1 N–H and O–H groups in total. The Labute approximate surface area is 209 Å². The lowest BCUT2D eigenvalue weighted by molar-refractivity contribution is -0.152. The van der Waals surface area contributed by atoms with Crippen LogP contribution in [0.3, 0.4) is 0 Å². The van der Waals surface area contributed by atoms with Crippen LogP contribution < -0.4 is 4.74 Å². The molecule has 4 rings (SSSR count). The van der Waals surface area contributed by atoms with Crippen molar-refractivity contribution in [3.05, 3.63) is 64.3 Å². The number of thiazole rings is 1. The minimum absolute atomic E-state index is 0.144. The van der Waals surface area contributed by atoms with Crippen molar-refractivity contribution in [3.8, 4) is 16.3 Å². The highest BCUT2D eigenvalue weighted by Crippen LogP contribution is 2.36. The second-order valence-corrected chi connectivity index (χ2v) is 10.3. The summed E-state index contributed by atoms with van der Waals surface area (Å²) >= 11 is 1.47. The molecule has 0 aliphatic heterocycles. The molecule has 0 radical (unpaired) electrons. The Morgan fingerprint density at radius 2 is 1.81 bits per heavy atom. The molecule has 36 heavy (non-hydrogen) atoms. The molecule has 4 aromatic rings. The first-order valence-corrected chi connectivity index (χ1v) is 12.1. The molecule has 2 aromatic heterocycles. The Balaban J connectivity index is 1.54. The van der Waals surface area contributed by atoms with Crippen LogP contribution in [0.25, 0.3) is 21.5 Å². The third-order valence-corrected chi connectivity index (χ3v) is 6.91. The first-order valence-electron chi connectivity index (χ1n) is 11.3. The van der Waals surface area contributed by atoms with Crippen molar-refractivity contribution < 1.29 is 32.3 Å². The summed E-state index contributed by atoms with van der Waals surface area (Å²) in [6, 6.07) is 10.1. The minimum Gasteiger partial charge on any atom is -0.478 e. The Bertz CT molecular complexity index is 1390. The third kappa shape index (κ3) is 5.38. The van der Waals surface area contributed by atoms with Gasteiger partial charge < -0.3 is 14.4 Å². The van der Waals surface area contributed by atoms with Crippen LogP contribution in [0.1, 0.15) is 55.4 Å². The molecule has 0 saturated heterocycles. The van der Waals surface area contributed by atoms with Crippen LogP contribution in [-0.2, 0) is 23.8 Å². The lowest BCUT2D eigenvalue weighted by Crippen LogP contribution is -2.37. The molecule has 0 atom stereocenters. The SMILES string of the molecule is CC(C)c1nc(-c2ccc(C(F)(F)F)cc2)sc1CCc1noc2cc(OC(C)(C)C(=O)O)ccc12. The molecule has 0 fully saturated rings. The maximum Gasteiger partial charge on any atom is 0.416 e. The predicted octanol–water partition coefficient (Wildman–Crippen LogP) is 7.12. The van der Waals surface area contributed by atoms with Gasteiger partial charge in [-0.3, -0.25) is 0 Å². The number of benzene rings is 2. The van der Waals surface area contributed by atoms with E-state index in [0.29, 0.717) is 34.7 Å². The average Bonchev–Trinajstić information content (AvgIpc) is 3.41. The first-order chi connectivity index (χ1) is 16.8. The minimum atomic E-state index is -4.38. The fourth-order valence-electron chi connectivity index (χ4n) is 3.70. The first kappa shape index (κ1) is 25.7. The zero-order valence-electron chi connectivity index (χ0n) is 20.1. The molecule has 0 saturated carbocycles. The maximum atomic E-state index is 12.9. The molecular weight excluding hydrogens is 493 g/mol. The summed E-state index contributed by atoms with van der Waals surface area (Å²) in [5.41, 5.74) is 0.709. The monoisotopic (exact) mass is 518 g/mol. The van der Waals surface area contributed by atoms with Gasteiger partial charge in [-0.2, -0.15) is 13.2 Å². The lowest BCUT2D eigenvalue weighted by Gasteiger charge is -2.21. The van der Waals surface area contributed by atoms with Gasteiger partial charge in [0.15, 0.2) is 11.2 Å². The van der Waals surface area contributed by atoms with Crippen molar-refractivity contribution in [2.24, 2.45) is 0 Å². The summed E-state index contributed by atoms with van der Waals surface area (Å²) in [4.78, 5) is 17.1. The normalized spacial score (nSPS) is 12.4. The predicted molar refractivity (Wildman–Crippen MR) is 130 cm³/mol. The van der Waals surface area contributed by atoms with E-state index >= 15 is 0 Å². The third-order valence-electron chi connectivity index (χ3n) is 5.73. The number of hydrogen-bond donors (Lipinski definition) is 1. The average molecular weight is 519 g/mol. The Morgan fingerprint density at radius 3 is 2.42 bits per heavy atom. The number of aromatic nitrogens is 2. The number of carboxylic acids is 1. The van der Waals surface area contributed by atoms with Crippen LogP contribution in [0.2, 0.25) is 0 Å². The summed E-state index contributed by atoms with van der Waals surface area (Å²) < 4.78 is 49.8. The van der Waals surface area contributed by atoms with Gasteiger partial charge in [0.2, 0.25) is 0 Å². The number of aliphatic carboxylic acids is 1. The van der Waals surface area contributed by atoms with Crippen molar-refractivity contribution in [2.45, 2.75) is 58.2 Å². The Hall–Kier alpha value is -3.40. The molecule has 0 spiro atoms. The molecular formula is C26H25F3N2O4S. The topological polar surface area (TPSA) is 85.5 Å². The van der Waals surface area contributed by atoms with Gasteiger partial charge in [0.05, 0.1) is 17.0 Å². The molecule has 0 bridgehead atoms. The van der Waals surface area contributed by atoms with Crippen LogP contribution in [-0.4, -0.2) is 26.8 Å². The van der Waals surface area contributed by atoms with E-state index in [1.807, 2.05) is 13.8 Å². The van der Waals surface area contributed by atoms with E-state index in [-0.39, 0.29) is 5.92 Å². The molecule has 2 heterocycles. The summed E-state index contributed by atoms with van der Waals surface area (Å²) in [7, 11) is 0. The highest BCUT2D eigenvalue weighted by atomic mass is 32.1. The van der Waals surface area contributed by atoms with Crippen LogP contribution in [0.15, 0.2) is 47.0 Å². The fourth-order valence-corrected chi connectivity index (χ4v) is 4.92. The summed E-state index contributed by atoms with van der Waals surface area (Å²) in [6.45, 7) is 6.98. The van der Waals surface area contributed by atoms with Crippen LogP contribution >= 0.6 is 11.3 Å². The van der Waals surface area contributed by atoms with Gasteiger partial charge in [-0.25, -0.2) is 9.78 Å². The van der Waals surface area contributed by atoms with Gasteiger partial charge >= 0.3 is 12.1 Å². The van der Waals surface area contributed by atoms with Gasteiger partial charge in [0, 0.05) is 21.9 Å². The number of ether oxygens (including phenoxy) is 1. The van der Waals surface area contributed by atoms with Crippen molar-refractivity contribution in [1.82, 2.24) is 10.1 Å². The fraction of sp³-hybridized carbons (Fsp3) is 0.346. The van der Waals surface area contributed by atoms with E-state index in [4.69, 9.17) is 14.2 Å². The number of alkyl halides is 3. The summed E-state index contributed by atoms with van der Waals surface area (Å²) in [6.07, 6.45) is -3.17. The zero-order chi connectivity index (χ0) is 26.3. The number of carboxylic acid groups (broad SMARTS) is 1. The van der Waals surface area contributed by atoms with E-state index in [9.17, 15) is 23.1 Å². The van der Waals surface area contributed by atoms with Crippen LogP contribution in [0.5, 0.6) is 5.75 Å². The summed E-state index contributed by atoms with van der Waals surface area (Å²) in [5.74, 6) is -0.573. The van der Waals surface area contributed by atoms with Crippen molar-refractivity contribution >= 4 is 28.3 Å². The molecule has 2 aromatic carbocycles. The number of halogens is 3. The number of rotatable bonds is 8. The van der Waals surface area contributed by atoms with E-state index in [1.165, 1.54) is 37.3 Å². The second-order valence-electron chi connectivity index (χ2n) is 9.26. The largest absolute Gasteiger partial charge is 0.478 e. The van der Waals surface area contributed by atoms with E-state index in [1.54, 1.807) is 18.2 Å². The van der Waals surface area contributed by atoms with Gasteiger partial charge in [0.25, 0.3) is 0 Å². The quantitative estimate of drug-likeness (QED) is 0.267. The van der Waals surface area contributed by atoms with Crippen LogP contribution in [0, 0.1) is 0 Å². The summed E-state index contributed by atoms with van der Waals surface area (Å²) in [5, 5.41) is 14.9. The smallest absolute Gasteiger partial charge is 0.416 e. The van der Waals surface area contributed by atoms with E-state index in [0.717, 1.165) is 33.8 Å². The molecule has 0 unspecified atom stereocenters. The van der Waals surface area contributed by atoms with Crippen molar-refractivity contribution in [3.63, 3.8) is 0 Å². The Kier molecular flexibility index (Phi) is 6.83. The number of fused-ring (bicyclic) bond motifs is 1.